The van der Waals surface area contributed by atoms with Crippen LogP contribution in [0, 0.1) is 18.8 Å². The van der Waals surface area contributed by atoms with E-state index in [2.05, 4.69) is 27.6 Å². The van der Waals surface area contributed by atoms with E-state index in [1.807, 2.05) is 17.2 Å². The van der Waals surface area contributed by atoms with Gasteiger partial charge in [0.25, 0.3) is 0 Å². The van der Waals surface area contributed by atoms with E-state index < -0.39 is 10.0 Å². The zero-order chi connectivity index (χ0) is 19.2. The first-order valence-electron chi connectivity index (χ1n) is 9.75. The number of fused-ring (bicyclic) bond motifs is 4. The molecule has 3 fully saturated rings. The summed E-state index contributed by atoms with van der Waals surface area (Å²) in [6.07, 6.45) is 6.58. The Labute approximate surface area is 161 Å². The molecule has 27 heavy (non-hydrogen) atoms. The normalized spacial score (nSPS) is 31.0. The molecule has 3 aliphatic heterocycles. The first-order chi connectivity index (χ1) is 12.8. The predicted octanol–water partition coefficient (Wildman–Crippen LogP) is 1.15. The van der Waals surface area contributed by atoms with E-state index >= 15 is 0 Å². The van der Waals surface area contributed by atoms with Gasteiger partial charge in [-0.1, -0.05) is 0 Å². The first-order valence-corrected chi connectivity index (χ1v) is 11.6. The van der Waals surface area contributed by atoms with Crippen LogP contribution in [-0.2, 0) is 14.8 Å². The SMILES string of the molecule is Cc1ccnc(N2C[C@H]3C[C@@H](C2)[C@H](CNS(C)(=O)=O)N2C(=O)CCC[C@@H]32)c1. The van der Waals surface area contributed by atoms with Crippen LogP contribution >= 0.6 is 0 Å². The summed E-state index contributed by atoms with van der Waals surface area (Å²) in [5.74, 6) is 1.84. The Balaban J connectivity index is 1.62. The minimum atomic E-state index is -3.29. The lowest BCUT2D eigenvalue weighted by atomic mass is 9.72. The van der Waals surface area contributed by atoms with Crippen LogP contribution in [0.4, 0.5) is 5.82 Å². The van der Waals surface area contributed by atoms with Gasteiger partial charge in [-0.3, -0.25) is 4.79 Å². The van der Waals surface area contributed by atoms with Crippen molar-refractivity contribution in [2.75, 3.05) is 30.8 Å². The lowest BCUT2D eigenvalue weighted by Crippen LogP contribution is -2.67. The zero-order valence-corrected chi connectivity index (χ0v) is 16.8. The van der Waals surface area contributed by atoms with E-state index in [1.54, 1.807) is 0 Å². The van der Waals surface area contributed by atoms with Crippen molar-refractivity contribution in [1.82, 2.24) is 14.6 Å². The summed E-state index contributed by atoms with van der Waals surface area (Å²) in [6.45, 7) is 4.08. The van der Waals surface area contributed by atoms with Crippen LogP contribution in [0.15, 0.2) is 18.3 Å². The van der Waals surface area contributed by atoms with Crippen molar-refractivity contribution in [1.29, 1.82) is 0 Å². The molecule has 1 aromatic rings. The molecule has 4 heterocycles. The minimum absolute atomic E-state index is 0.0821. The maximum absolute atomic E-state index is 12.7. The highest BCUT2D eigenvalue weighted by Gasteiger charge is 2.49. The molecule has 4 rings (SSSR count). The van der Waals surface area contributed by atoms with Gasteiger partial charge in [-0.15, -0.1) is 0 Å². The fraction of sp³-hybridized carbons (Fsp3) is 0.684. The number of carbonyl (C=O) groups is 1. The molecule has 0 unspecified atom stereocenters. The van der Waals surface area contributed by atoms with Crippen molar-refractivity contribution in [3.8, 4) is 0 Å². The van der Waals surface area contributed by atoms with Gasteiger partial charge in [-0.2, -0.15) is 0 Å². The summed E-state index contributed by atoms with van der Waals surface area (Å²) in [7, 11) is -3.29. The average molecular weight is 393 g/mol. The Kier molecular flexibility index (Phi) is 4.88. The van der Waals surface area contributed by atoms with Crippen molar-refractivity contribution in [2.45, 2.75) is 44.7 Å². The number of nitrogens with one attached hydrogen (secondary N) is 1. The van der Waals surface area contributed by atoms with Gasteiger partial charge in [-0.05, 0) is 55.7 Å². The van der Waals surface area contributed by atoms with E-state index in [0.717, 1.165) is 38.2 Å². The summed E-state index contributed by atoms with van der Waals surface area (Å²) in [6, 6.07) is 4.23. The number of anilines is 1. The van der Waals surface area contributed by atoms with Crippen LogP contribution in [0.1, 0.15) is 31.2 Å². The number of aromatic nitrogens is 1. The molecule has 4 atom stereocenters. The predicted molar refractivity (Wildman–Crippen MR) is 104 cm³/mol. The Bertz CT molecular complexity index is 828. The number of pyridine rings is 1. The first kappa shape index (κ1) is 18.7. The van der Waals surface area contributed by atoms with Crippen LogP contribution in [0.5, 0.6) is 0 Å². The molecule has 0 saturated carbocycles. The second kappa shape index (κ2) is 7.05. The molecule has 8 heteroatoms. The third-order valence-electron chi connectivity index (χ3n) is 6.28. The van der Waals surface area contributed by atoms with Crippen LogP contribution in [0.25, 0.3) is 0 Å². The second-order valence-electron chi connectivity index (χ2n) is 8.30. The summed E-state index contributed by atoms with van der Waals surface area (Å²) in [5, 5.41) is 0. The van der Waals surface area contributed by atoms with Gasteiger partial charge in [-0.25, -0.2) is 18.1 Å². The van der Waals surface area contributed by atoms with E-state index in [4.69, 9.17) is 0 Å². The number of nitrogens with zero attached hydrogens (tertiary/aromatic N) is 3. The van der Waals surface area contributed by atoms with Gasteiger partial charge in [0, 0.05) is 38.3 Å². The Morgan fingerprint density at radius 2 is 2.07 bits per heavy atom. The molecule has 0 radical (unpaired) electrons. The number of hydrogen-bond donors (Lipinski definition) is 1. The molecule has 3 saturated heterocycles. The van der Waals surface area contributed by atoms with Gasteiger partial charge in [0.05, 0.1) is 12.3 Å². The number of sulfonamides is 1. The van der Waals surface area contributed by atoms with E-state index in [0.29, 0.717) is 18.9 Å². The molecule has 0 aliphatic carbocycles. The smallest absolute Gasteiger partial charge is 0.223 e. The third-order valence-corrected chi connectivity index (χ3v) is 6.97. The van der Waals surface area contributed by atoms with Crippen LogP contribution < -0.4 is 9.62 Å². The standard InChI is InChI=1S/C19H28N4O3S/c1-13-6-7-20-18(8-13)22-11-14-9-15(12-22)17(10-21-27(2,25)26)23-16(14)4-3-5-19(23)24/h6-8,14-17,21H,3-5,9-12H2,1-2H3/t14-,15+,16+,17+/m1/s1. The van der Waals surface area contributed by atoms with Crippen molar-refractivity contribution in [2.24, 2.45) is 11.8 Å². The van der Waals surface area contributed by atoms with E-state index in [1.165, 1.54) is 11.8 Å². The molecule has 0 spiro atoms. The summed E-state index contributed by atoms with van der Waals surface area (Å²) >= 11 is 0. The lowest BCUT2D eigenvalue weighted by molar-refractivity contribution is -0.148. The zero-order valence-electron chi connectivity index (χ0n) is 16.0. The molecule has 7 nitrogen and oxygen atoms in total. The quantitative estimate of drug-likeness (QED) is 0.831. The van der Waals surface area contributed by atoms with E-state index in [-0.39, 0.29) is 23.9 Å². The molecule has 1 N–H and O–H groups in total. The van der Waals surface area contributed by atoms with Crippen molar-refractivity contribution in [3.05, 3.63) is 23.9 Å². The third kappa shape index (κ3) is 3.82. The highest BCUT2D eigenvalue weighted by molar-refractivity contribution is 7.88. The van der Waals surface area contributed by atoms with Crippen molar-refractivity contribution >= 4 is 21.7 Å². The number of rotatable bonds is 4. The summed E-state index contributed by atoms with van der Waals surface area (Å²) in [4.78, 5) is 21.6. The van der Waals surface area contributed by atoms with Crippen LogP contribution in [0.2, 0.25) is 0 Å². The molecule has 2 bridgehead atoms. The molecular formula is C19H28N4O3S. The average Bonchev–Trinajstić information content (AvgIpc) is 2.61. The number of piperidine rings is 3. The summed E-state index contributed by atoms with van der Waals surface area (Å²) in [5.41, 5.74) is 1.18. The molecule has 148 valence electrons. The van der Waals surface area contributed by atoms with Crippen LogP contribution in [-0.4, -0.2) is 62.2 Å². The molecule has 1 amide bonds. The highest BCUT2D eigenvalue weighted by Crippen LogP contribution is 2.42. The maximum atomic E-state index is 12.7. The fourth-order valence-corrected chi connectivity index (χ4v) is 5.63. The number of carbonyl (C=O) groups excluding carboxylic acids is 1. The minimum Gasteiger partial charge on any atom is -0.356 e. The summed E-state index contributed by atoms with van der Waals surface area (Å²) < 4.78 is 26.0. The second-order valence-corrected chi connectivity index (χ2v) is 10.1. The number of aryl methyl sites for hydroxylation is 1. The van der Waals surface area contributed by atoms with Gasteiger partial charge in [0.2, 0.25) is 15.9 Å². The van der Waals surface area contributed by atoms with Gasteiger partial charge >= 0.3 is 0 Å². The van der Waals surface area contributed by atoms with Gasteiger partial charge in [0.1, 0.15) is 5.82 Å². The maximum Gasteiger partial charge on any atom is 0.223 e. The molecule has 3 aliphatic rings. The molecular weight excluding hydrogens is 364 g/mol. The van der Waals surface area contributed by atoms with Crippen LogP contribution in [0.3, 0.4) is 0 Å². The fourth-order valence-electron chi connectivity index (χ4n) is 5.15. The van der Waals surface area contributed by atoms with Gasteiger partial charge in [0.15, 0.2) is 0 Å². The molecule has 0 aromatic carbocycles. The Morgan fingerprint density at radius 3 is 2.81 bits per heavy atom. The number of hydrogen-bond acceptors (Lipinski definition) is 5. The topological polar surface area (TPSA) is 82.6 Å². The Morgan fingerprint density at radius 1 is 1.30 bits per heavy atom. The largest absolute Gasteiger partial charge is 0.356 e. The Hall–Kier alpha value is -1.67. The van der Waals surface area contributed by atoms with Crippen molar-refractivity contribution in [3.63, 3.8) is 0 Å². The molecule has 1 aromatic heterocycles. The van der Waals surface area contributed by atoms with E-state index in [9.17, 15) is 13.2 Å². The monoisotopic (exact) mass is 392 g/mol. The van der Waals surface area contributed by atoms with Gasteiger partial charge < -0.3 is 9.80 Å². The van der Waals surface area contributed by atoms with Crippen molar-refractivity contribution < 1.29 is 13.2 Å². The lowest BCUT2D eigenvalue weighted by Gasteiger charge is -2.56. The highest BCUT2D eigenvalue weighted by atomic mass is 32.2. The number of amides is 1.